The van der Waals surface area contributed by atoms with Crippen molar-refractivity contribution in [2.24, 2.45) is 0 Å². The lowest BCUT2D eigenvalue weighted by molar-refractivity contribution is -0.143. The Morgan fingerprint density at radius 3 is 2.04 bits per heavy atom. The summed E-state index contributed by atoms with van der Waals surface area (Å²) >= 11 is 0. The second-order valence-corrected chi connectivity index (χ2v) is 6.04. The zero-order valence-electron chi connectivity index (χ0n) is 15.0. The van der Waals surface area contributed by atoms with Crippen molar-refractivity contribution in [3.05, 3.63) is 60.2 Å². The molecule has 2 aromatic rings. The monoisotopic (exact) mass is 354 g/mol. The topological polar surface area (TPSA) is 86.7 Å². The minimum absolute atomic E-state index is 0.341. The lowest BCUT2D eigenvalue weighted by atomic mass is 9.92. The molecule has 2 rings (SSSR count). The highest BCUT2D eigenvalue weighted by Gasteiger charge is 2.46. The summed E-state index contributed by atoms with van der Waals surface area (Å²) in [4.78, 5) is 38.2. The molecule has 0 spiro atoms. The Labute approximate surface area is 152 Å². The van der Waals surface area contributed by atoms with Crippen LogP contribution in [0.3, 0.4) is 0 Å². The molecule has 0 aliphatic rings. The molecule has 6 heteroatoms. The fraction of sp³-hybridized carbons (Fsp3) is 0.250. The molecule has 0 aliphatic heterocycles. The lowest BCUT2D eigenvalue weighted by Crippen LogP contribution is -2.62. The molecule has 0 radical (unpaired) electrons. The molecular weight excluding hydrogens is 332 g/mol. The van der Waals surface area contributed by atoms with E-state index in [1.807, 2.05) is 42.5 Å². The van der Waals surface area contributed by atoms with Gasteiger partial charge < -0.3 is 15.3 Å². The summed E-state index contributed by atoms with van der Waals surface area (Å²) in [5.41, 5.74) is 0.516. The maximum atomic E-state index is 12.8. The highest BCUT2D eigenvalue weighted by molar-refractivity contribution is 6.14. The highest BCUT2D eigenvalue weighted by atomic mass is 16.3. The molecule has 0 saturated heterocycles. The van der Waals surface area contributed by atoms with Crippen LogP contribution in [0.25, 0.3) is 11.1 Å². The van der Waals surface area contributed by atoms with Crippen LogP contribution in [-0.4, -0.2) is 53.8 Å². The number of aliphatic hydroxyl groups is 1. The molecule has 136 valence electrons. The predicted molar refractivity (Wildman–Crippen MR) is 98.5 cm³/mol. The Morgan fingerprint density at radius 2 is 1.54 bits per heavy atom. The van der Waals surface area contributed by atoms with Gasteiger partial charge in [-0.3, -0.25) is 14.4 Å². The first-order valence-electron chi connectivity index (χ1n) is 8.16. The molecule has 0 bridgehead atoms. The summed E-state index contributed by atoms with van der Waals surface area (Å²) in [6, 6.07) is 16.6. The second-order valence-electron chi connectivity index (χ2n) is 6.04. The number of carbonyl (C=O) groups is 3. The number of hydrogen-bond donors (Lipinski definition) is 2. The summed E-state index contributed by atoms with van der Waals surface area (Å²) in [6.07, 6.45) is 0. The largest absolute Gasteiger partial charge is 0.388 e. The fourth-order valence-electron chi connectivity index (χ4n) is 2.70. The Kier molecular flexibility index (Phi) is 5.90. The van der Waals surface area contributed by atoms with Gasteiger partial charge in [0.15, 0.2) is 11.3 Å². The summed E-state index contributed by atoms with van der Waals surface area (Å²) in [6.45, 7) is 0.481. The van der Waals surface area contributed by atoms with Crippen molar-refractivity contribution in [2.75, 3.05) is 20.7 Å². The van der Waals surface area contributed by atoms with E-state index in [0.717, 1.165) is 16.0 Å². The minimum Gasteiger partial charge on any atom is -0.388 e. The van der Waals surface area contributed by atoms with Crippen molar-refractivity contribution in [2.45, 2.75) is 12.5 Å². The molecule has 2 N–H and O–H groups in total. The first kappa shape index (κ1) is 19.3. The molecule has 6 nitrogen and oxygen atoms in total. The third-order valence-electron chi connectivity index (χ3n) is 4.57. The quantitative estimate of drug-likeness (QED) is 0.770. The molecule has 0 aliphatic carbocycles. The van der Waals surface area contributed by atoms with Crippen LogP contribution >= 0.6 is 0 Å². The fourth-order valence-corrected chi connectivity index (χ4v) is 2.70. The standard InChI is InChI=1S/C20H22N2O4/c1-20(17(24)13-23,19(26)21-2)22(3)18(25)16-11-9-15(10-12-16)14-7-5-4-6-8-14/h4-12,23H,13H2,1-3H3,(H,21,26)/t20-/m1/s1. The van der Waals surface area contributed by atoms with E-state index in [0.29, 0.717) is 5.56 Å². The number of ketones is 1. The number of Topliss-reactive ketones (excluding diaryl/α,β-unsaturated/α-hetero) is 1. The molecule has 0 unspecified atom stereocenters. The van der Waals surface area contributed by atoms with Gasteiger partial charge in [0.2, 0.25) is 0 Å². The van der Waals surface area contributed by atoms with Crippen LogP contribution in [0.2, 0.25) is 0 Å². The van der Waals surface area contributed by atoms with E-state index < -0.39 is 29.7 Å². The smallest absolute Gasteiger partial charge is 0.254 e. The predicted octanol–water partition coefficient (Wildman–Crippen LogP) is 1.49. The van der Waals surface area contributed by atoms with E-state index in [9.17, 15) is 19.5 Å². The molecule has 1 atom stereocenters. The van der Waals surface area contributed by atoms with Gasteiger partial charge in [-0.1, -0.05) is 42.5 Å². The van der Waals surface area contributed by atoms with Gasteiger partial charge in [0.25, 0.3) is 11.8 Å². The number of benzene rings is 2. The van der Waals surface area contributed by atoms with E-state index in [-0.39, 0.29) is 0 Å². The van der Waals surface area contributed by atoms with E-state index in [1.54, 1.807) is 12.1 Å². The molecular formula is C20H22N2O4. The van der Waals surface area contributed by atoms with Crippen molar-refractivity contribution in [3.63, 3.8) is 0 Å². The minimum atomic E-state index is -1.79. The summed E-state index contributed by atoms with van der Waals surface area (Å²) < 4.78 is 0. The van der Waals surface area contributed by atoms with Gasteiger partial charge >= 0.3 is 0 Å². The summed E-state index contributed by atoms with van der Waals surface area (Å²) in [7, 11) is 2.74. The Bertz CT molecular complexity index is 784. The first-order valence-corrected chi connectivity index (χ1v) is 8.16. The zero-order chi connectivity index (χ0) is 19.3. The maximum absolute atomic E-state index is 12.8. The molecule has 26 heavy (non-hydrogen) atoms. The third kappa shape index (κ3) is 3.50. The maximum Gasteiger partial charge on any atom is 0.254 e. The second kappa shape index (κ2) is 7.93. The number of likely N-dealkylation sites (N-methyl/N-ethyl adjacent to an activating group) is 2. The molecule has 0 fully saturated rings. The molecule has 0 saturated carbocycles. The van der Waals surface area contributed by atoms with Crippen molar-refractivity contribution < 1.29 is 19.5 Å². The molecule has 2 aromatic carbocycles. The van der Waals surface area contributed by atoms with Gasteiger partial charge in [-0.25, -0.2) is 0 Å². The van der Waals surface area contributed by atoms with E-state index in [2.05, 4.69) is 5.32 Å². The van der Waals surface area contributed by atoms with Crippen LogP contribution in [0.15, 0.2) is 54.6 Å². The van der Waals surface area contributed by atoms with Crippen LogP contribution in [0.1, 0.15) is 17.3 Å². The van der Waals surface area contributed by atoms with Crippen molar-refractivity contribution in [3.8, 4) is 11.1 Å². The number of nitrogens with one attached hydrogen (secondary N) is 1. The number of rotatable bonds is 6. The number of hydrogen-bond acceptors (Lipinski definition) is 4. The van der Waals surface area contributed by atoms with Gasteiger partial charge in [-0.05, 0) is 30.2 Å². The molecule has 2 amide bonds. The lowest BCUT2D eigenvalue weighted by Gasteiger charge is -2.35. The van der Waals surface area contributed by atoms with E-state index in [4.69, 9.17) is 0 Å². The third-order valence-corrected chi connectivity index (χ3v) is 4.57. The van der Waals surface area contributed by atoms with Crippen LogP contribution in [0, 0.1) is 0 Å². The normalized spacial score (nSPS) is 12.8. The van der Waals surface area contributed by atoms with Crippen molar-refractivity contribution in [1.29, 1.82) is 0 Å². The van der Waals surface area contributed by atoms with Crippen molar-refractivity contribution >= 4 is 17.6 Å². The highest BCUT2D eigenvalue weighted by Crippen LogP contribution is 2.22. The van der Waals surface area contributed by atoms with Crippen LogP contribution < -0.4 is 5.32 Å². The van der Waals surface area contributed by atoms with Crippen molar-refractivity contribution in [1.82, 2.24) is 10.2 Å². The molecule has 0 aromatic heterocycles. The Balaban J connectivity index is 2.32. The summed E-state index contributed by atoms with van der Waals surface area (Å²) in [5.74, 6) is -1.90. The Morgan fingerprint density at radius 1 is 1.00 bits per heavy atom. The zero-order valence-corrected chi connectivity index (χ0v) is 15.0. The van der Waals surface area contributed by atoms with Gasteiger partial charge in [-0.15, -0.1) is 0 Å². The first-order chi connectivity index (χ1) is 12.4. The van der Waals surface area contributed by atoms with E-state index in [1.165, 1.54) is 21.0 Å². The number of nitrogens with zero attached hydrogens (tertiary/aromatic N) is 1. The van der Waals surface area contributed by atoms with Gasteiger partial charge in [0.05, 0.1) is 0 Å². The van der Waals surface area contributed by atoms with Gasteiger partial charge in [0.1, 0.15) is 6.61 Å². The average molecular weight is 354 g/mol. The van der Waals surface area contributed by atoms with Gasteiger partial charge in [0, 0.05) is 19.7 Å². The van der Waals surface area contributed by atoms with Crippen LogP contribution in [0.5, 0.6) is 0 Å². The Hall–Kier alpha value is -2.99. The van der Waals surface area contributed by atoms with Crippen LogP contribution in [0.4, 0.5) is 0 Å². The number of carbonyl (C=O) groups excluding carboxylic acids is 3. The average Bonchev–Trinajstić information content (AvgIpc) is 2.71. The van der Waals surface area contributed by atoms with Gasteiger partial charge in [-0.2, -0.15) is 0 Å². The van der Waals surface area contributed by atoms with Crippen LogP contribution in [-0.2, 0) is 9.59 Å². The molecule has 0 heterocycles. The number of aliphatic hydroxyl groups excluding tert-OH is 1. The summed E-state index contributed by atoms with van der Waals surface area (Å²) in [5, 5.41) is 11.6. The SMILES string of the molecule is CNC(=O)[C@@](C)(C(=O)CO)N(C)C(=O)c1ccc(-c2ccccc2)cc1. The number of amides is 2. The van der Waals surface area contributed by atoms with E-state index >= 15 is 0 Å².